The lowest BCUT2D eigenvalue weighted by molar-refractivity contribution is 0.0746. The van der Waals surface area contributed by atoms with E-state index in [0.29, 0.717) is 18.7 Å². The Morgan fingerprint density at radius 3 is 2.29 bits per heavy atom. The number of hydrogen-bond donors (Lipinski definition) is 0. The SMILES string of the molecule is Cc1ccccc1C(=O)N1CCN(c2ccc(C=O)cc2C)CC1. The third kappa shape index (κ3) is 3.18. The summed E-state index contributed by atoms with van der Waals surface area (Å²) in [5.41, 5.74) is 4.74. The molecule has 0 radical (unpaired) electrons. The van der Waals surface area contributed by atoms with Gasteiger partial charge in [-0.25, -0.2) is 0 Å². The summed E-state index contributed by atoms with van der Waals surface area (Å²) in [5.74, 6) is 0.112. The largest absolute Gasteiger partial charge is 0.368 e. The molecule has 1 saturated heterocycles. The van der Waals surface area contributed by atoms with Gasteiger partial charge in [-0.15, -0.1) is 0 Å². The molecule has 0 spiro atoms. The van der Waals surface area contributed by atoms with Gasteiger partial charge in [0.2, 0.25) is 0 Å². The van der Waals surface area contributed by atoms with E-state index in [0.717, 1.165) is 41.8 Å². The third-order valence-electron chi connectivity index (χ3n) is 4.64. The van der Waals surface area contributed by atoms with Gasteiger partial charge >= 0.3 is 0 Å². The molecule has 4 heteroatoms. The van der Waals surface area contributed by atoms with Crippen molar-refractivity contribution in [3.05, 3.63) is 64.7 Å². The van der Waals surface area contributed by atoms with Gasteiger partial charge < -0.3 is 9.80 Å². The van der Waals surface area contributed by atoms with E-state index < -0.39 is 0 Å². The quantitative estimate of drug-likeness (QED) is 0.816. The Labute approximate surface area is 142 Å². The molecule has 0 saturated carbocycles. The fourth-order valence-corrected chi connectivity index (χ4v) is 3.24. The van der Waals surface area contributed by atoms with Crippen molar-refractivity contribution in [2.24, 2.45) is 0 Å². The summed E-state index contributed by atoms with van der Waals surface area (Å²) in [6.45, 7) is 7.02. The van der Waals surface area contributed by atoms with E-state index in [4.69, 9.17) is 0 Å². The van der Waals surface area contributed by atoms with Crippen molar-refractivity contribution in [2.45, 2.75) is 13.8 Å². The molecule has 0 N–H and O–H groups in total. The number of amides is 1. The monoisotopic (exact) mass is 322 g/mol. The van der Waals surface area contributed by atoms with Crippen molar-refractivity contribution in [1.82, 2.24) is 4.90 Å². The van der Waals surface area contributed by atoms with E-state index in [9.17, 15) is 9.59 Å². The molecule has 1 heterocycles. The van der Waals surface area contributed by atoms with Crippen molar-refractivity contribution in [1.29, 1.82) is 0 Å². The standard InChI is InChI=1S/C20H22N2O2/c1-15-5-3-4-6-18(15)20(24)22-11-9-21(10-12-22)19-8-7-17(14-23)13-16(19)2/h3-8,13-14H,9-12H2,1-2H3. The summed E-state index contributed by atoms with van der Waals surface area (Å²) in [7, 11) is 0. The second kappa shape index (κ2) is 6.87. The molecule has 124 valence electrons. The molecule has 0 atom stereocenters. The average Bonchev–Trinajstić information content (AvgIpc) is 2.61. The number of nitrogens with zero attached hydrogens (tertiary/aromatic N) is 2. The van der Waals surface area contributed by atoms with Gasteiger partial charge in [-0.05, 0) is 49.2 Å². The topological polar surface area (TPSA) is 40.6 Å². The van der Waals surface area contributed by atoms with Gasteiger partial charge in [-0.1, -0.05) is 18.2 Å². The second-order valence-electron chi connectivity index (χ2n) is 6.26. The predicted molar refractivity (Wildman–Crippen MR) is 95.9 cm³/mol. The third-order valence-corrected chi connectivity index (χ3v) is 4.64. The molecule has 1 amide bonds. The van der Waals surface area contributed by atoms with E-state index in [1.54, 1.807) is 0 Å². The minimum atomic E-state index is 0.112. The molecule has 0 bridgehead atoms. The van der Waals surface area contributed by atoms with Crippen LogP contribution in [0.4, 0.5) is 5.69 Å². The maximum Gasteiger partial charge on any atom is 0.254 e. The first kappa shape index (κ1) is 16.2. The van der Waals surface area contributed by atoms with E-state index in [1.807, 2.05) is 61.2 Å². The van der Waals surface area contributed by atoms with Gasteiger partial charge in [0, 0.05) is 43.0 Å². The number of benzene rings is 2. The van der Waals surface area contributed by atoms with Gasteiger partial charge in [0.1, 0.15) is 6.29 Å². The van der Waals surface area contributed by atoms with Crippen molar-refractivity contribution in [3.63, 3.8) is 0 Å². The van der Waals surface area contributed by atoms with E-state index in [-0.39, 0.29) is 5.91 Å². The minimum Gasteiger partial charge on any atom is -0.368 e. The number of carbonyl (C=O) groups is 2. The number of aldehydes is 1. The van der Waals surface area contributed by atoms with Crippen LogP contribution in [0, 0.1) is 13.8 Å². The highest BCUT2D eigenvalue weighted by atomic mass is 16.2. The summed E-state index contributed by atoms with van der Waals surface area (Å²) in [6, 6.07) is 13.5. The highest BCUT2D eigenvalue weighted by molar-refractivity contribution is 5.95. The van der Waals surface area contributed by atoms with Gasteiger partial charge in [0.25, 0.3) is 5.91 Å². The van der Waals surface area contributed by atoms with Crippen LogP contribution in [0.1, 0.15) is 31.8 Å². The van der Waals surface area contributed by atoms with Crippen molar-refractivity contribution in [3.8, 4) is 0 Å². The van der Waals surface area contributed by atoms with Crippen LogP contribution in [0.5, 0.6) is 0 Å². The Kier molecular flexibility index (Phi) is 4.65. The zero-order valence-corrected chi connectivity index (χ0v) is 14.2. The predicted octanol–water partition coefficient (Wildman–Crippen LogP) is 3.08. The first-order chi connectivity index (χ1) is 11.6. The van der Waals surface area contributed by atoms with Crippen molar-refractivity contribution < 1.29 is 9.59 Å². The van der Waals surface area contributed by atoms with Crippen LogP contribution >= 0.6 is 0 Å². The zero-order valence-electron chi connectivity index (χ0n) is 14.2. The second-order valence-corrected chi connectivity index (χ2v) is 6.26. The van der Waals surface area contributed by atoms with Crippen molar-refractivity contribution >= 4 is 17.9 Å². The number of piperazine rings is 1. The summed E-state index contributed by atoms with van der Waals surface area (Å²) >= 11 is 0. The lowest BCUT2D eigenvalue weighted by Crippen LogP contribution is -2.49. The summed E-state index contributed by atoms with van der Waals surface area (Å²) in [5, 5.41) is 0. The summed E-state index contributed by atoms with van der Waals surface area (Å²) < 4.78 is 0. The normalized spacial score (nSPS) is 14.6. The highest BCUT2D eigenvalue weighted by Gasteiger charge is 2.23. The molecule has 2 aromatic carbocycles. The molecule has 1 fully saturated rings. The molecular weight excluding hydrogens is 300 g/mol. The fraction of sp³-hybridized carbons (Fsp3) is 0.300. The molecule has 4 nitrogen and oxygen atoms in total. The molecule has 0 aromatic heterocycles. The maximum absolute atomic E-state index is 12.7. The minimum absolute atomic E-state index is 0.112. The number of aryl methyl sites for hydroxylation is 2. The fourth-order valence-electron chi connectivity index (χ4n) is 3.24. The number of carbonyl (C=O) groups excluding carboxylic acids is 2. The van der Waals surface area contributed by atoms with Gasteiger partial charge in [-0.3, -0.25) is 9.59 Å². The van der Waals surface area contributed by atoms with Crippen LogP contribution in [-0.4, -0.2) is 43.3 Å². The Bertz CT molecular complexity index is 762. The summed E-state index contributed by atoms with van der Waals surface area (Å²) in [6.07, 6.45) is 0.871. The Morgan fingerprint density at radius 2 is 1.67 bits per heavy atom. The van der Waals surface area contributed by atoms with Crippen LogP contribution in [-0.2, 0) is 0 Å². The first-order valence-corrected chi connectivity index (χ1v) is 8.26. The summed E-state index contributed by atoms with van der Waals surface area (Å²) in [4.78, 5) is 27.8. The van der Waals surface area contributed by atoms with E-state index in [2.05, 4.69) is 4.90 Å². The number of anilines is 1. The van der Waals surface area contributed by atoms with Gasteiger partial charge in [0.15, 0.2) is 0 Å². The van der Waals surface area contributed by atoms with Crippen LogP contribution in [0.15, 0.2) is 42.5 Å². The van der Waals surface area contributed by atoms with E-state index in [1.165, 1.54) is 0 Å². The van der Waals surface area contributed by atoms with Crippen LogP contribution in [0.3, 0.4) is 0 Å². The zero-order chi connectivity index (χ0) is 17.1. The molecule has 24 heavy (non-hydrogen) atoms. The molecule has 1 aliphatic rings. The highest BCUT2D eigenvalue weighted by Crippen LogP contribution is 2.23. The smallest absolute Gasteiger partial charge is 0.254 e. The lowest BCUT2D eigenvalue weighted by atomic mass is 10.1. The Hall–Kier alpha value is -2.62. The lowest BCUT2D eigenvalue weighted by Gasteiger charge is -2.37. The molecule has 2 aromatic rings. The molecule has 3 rings (SSSR count). The maximum atomic E-state index is 12.7. The van der Waals surface area contributed by atoms with Crippen molar-refractivity contribution in [2.75, 3.05) is 31.1 Å². The van der Waals surface area contributed by atoms with Crippen LogP contribution in [0.2, 0.25) is 0 Å². The number of rotatable bonds is 3. The van der Waals surface area contributed by atoms with Gasteiger partial charge in [0.05, 0.1) is 0 Å². The van der Waals surface area contributed by atoms with Crippen LogP contribution in [0.25, 0.3) is 0 Å². The molecular formula is C20H22N2O2. The molecule has 0 aliphatic carbocycles. The van der Waals surface area contributed by atoms with E-state index >= 15 is 0 Å². The average molecular weight is 322 g/mol. The Morgan fingerprint density at radius 1 is 0.958 bits per heavy atom. The molecule has 1 aliphatic heterocycles. The Balaban J connectivity index is 1.69. The first-order valence-electron chi connectivity index (χ1n) is 8.26. The van der Waals surface area contributed by atoms with Crippen LogP contribution < -0.4 is 4.90 Å². The van der Waals surface area contributed by atoms with Gasteiger partial charge in [-0.2, -0.15) is 0 Å². The molecule has 0 unspecified atom stereocenters. The number of hydrogen-bond acceptors (Lipinski definition) is 3.